The summed E-state index contributed by atoms with van der Waals surface area (Å²) in [4.78, 5) is 25.7. The number of aromatic nitrogens is 1. The quantitative estimate of drug-likeness (QED) is 0.316. The maximum absolute atomic E-state index is 13.0. The SMILES string of the molecule is Cc1cc(NC(=O)[C@](C)(O)CSc2ccc(F)cc2)ccc1NC(=O)Nc1cc(C(C)(C)C)on1. The summed E-state index contributed by atoms with van der Waals surface area (Å²) in [5.41, 5.74) is -0.179. The number of thioether (sulfide) groups is 1. The highest BCUT2D eigenvalue weighted by Crippen LogP contribution is 2.26. The number of carbonyl (C=O) groups is 2. The van der Waals surface area contributed by atoms with Crippen LogP contribution in [0.4, 0.5) is 26.4 Å². The Hall–Kier alpha value is -3.37. The number of urea groups is 1. The first-order chi connectivity index (χ1) is 16.3. The van der Waals surface area contributed by atoms with Gasteiger partial charge in [0.25, 0.3) is 5.91 Å². The van der Waals surface area contributed by atoms with Crippen molar-refractivity contribution in [3.05, 3.63) is 65.7 Å². The molecule has 4 N–H and O–H groups in total. The van der Waals surface area contributed by atoms with Gasteiger partial charge in [-0.2, -0.15) is 0 Å². The first-order valence-electron chi connectivity index (χ1n) is 10.9. The summed E-state index contributed by atoms with van der Waals surface area (Å²) in [7, 11) is 0. The second-order valence-corrected chi connectivity index (χ2v) is 10.5. The maximum atomic E-state index is 13.0. The van der Waals surface area contributed by atoms with E-state index in [-0.39, 0.29) is 17.0 Å². The lowest BCUT2D eigenvalue weighted by Crippen LogP contribution is -2.42. The molecule has 8 nitrogen and oxygen atoms in total. The normalized spacial score (nSPS) is 13.1. The molecule has 3 aromatic rings. The molecule has 0 aliphatic rings. The summed E-state index contributed by atoms with van der Waals surface area (Å²) >= 11 is 1.25. The minimum atomic E-state index is -1.66. The fourth-order valence-electron chi connectivity index (χ4n) is 2.93. The molecule has 1 heterocycles. The van der Waals surface area contributed by atoms with Crippen molar-refractivity contribution in [3.8, 4) is 0 Å². The molecule has 0 unspecified atom stereocenters. The predicted molar refractivity (Wildman–Crippen MR) is 135 cm³/mol. The lowest BCUT2D eigenvalue weighted by Gasteiger charge is -2.22. The van der Waals surface area contributed by atoms with Crippen molar-refractivity contribution in [1.82, 2.24) is 5.16 Å². The average molecular weight is 501 g/mol. The fourth-order valence-corrected chi connectivity index (χ4v) is 3.83. The van der Waals surface area contributed by atoms with E-state index in [1.165, 1.54) is 30.8 Å². The van der Waals surface area contributed by atoms with Gasteiger partial charge in [-0.3, -0.25) is 10.1 Å². The molecule has 0 saturated carbocycles. The molecule has 1 aromatic heterocycles. The van der Waals surface area contributed by atoms with Crippen LogP contribution in [0.5, 0.6) is 0 Å². The predicted octanol–water partition coefficient (Wildman–Crippen LogP) is 5.55. The Kier molecular flexibility index (Phi) is 7.86. The van der Waals surface area contributed by atoms with Gasteiger partial charge in [-0.05, 0) is 61.9 Å². The van der Waals surface area contributed by atoms with Crippen LogP contribution < -0.4 is 16.0 Å². The summed E-state index contributed by atoms with van der Waals surface area (Å²) in [6.07, 6.45) is 0. The third-order valence-corrected chi connectivity index (χ3v) is 6.36. The monoisotopic (exact) mass is 500 g/mol. The minimum Gasteiger partial charge on any atom is -0.379 e. The molecular formula is C25H29FN4O4S. The number of hydrogen-bond donors (Lipinski definition) is 4. The van der Waals surface area contributed by atoms with E-state index in [1.54, 1.807) is 43.3 Å². The molecule has 35 heavy (non-hydrogen) atoms. The van der Waals surface area contributed by atoms with Crippen molar-refractivity contribution < 1.29 is 23.6 Å². The number of benzene rings is 2. The topological polar surface area (TPSA) is 116 Å². The van der Waals surface area contributed by atoms with Gasteiger partial charge in [0.1, 0.15) is 17.2 Å². The van der Waals surface area contributed by atoms with Crippen LogP contribution in [0.1, 0.15) is 39.0 Å². The second-order valence-electron chi connectivity index (χ2n) is 9.41. The number of anilines is 3. The van der Waals surface area contributed by atoms with Gasteiger partial charge in [-0.1, -0.05) is 25.9 Å². The summed E-state index contributed by atoms with van der Waals surface area (Å²) in [6, 6.07) is 12.0. The average Bonchev–Trinajstić information content (AvgIpc) is 3.24. The largest absolute Gasteiger partial charge is 0.379 e. The molecule has 2 aromatic carbocycles. The van der Waals surface area contributed by atoms with E-state index >= 15 is 0 Å². The van der Waals surface area contributed by atoms with E-state index < -0.39 is 17.5 Å². The highest BCUT2D eigenvalue weighted by atomic mass is 32.2. The number of hydrogen-bond acceptors (Lipinski definition) is 6. The van der Waals surface area contributed by atoms with Gasteiger partial charge in [0.05, 0.1) is 0 Å². The van der Waals surface area contributed by atoms with Gasteiger partial charge in [-0.25, -0.2) is 9.18 Å². The summed E-state index contributed by atoms with van der Waals surface area (Å²) in [5.74, 6) is 0.108. The lowest BCUT2D eigenvalue weighted by atomic mass is 9.93. The van der Waals surface area contributed by atoms with Crippen LogP contribution in [-0.4, -0.2) is 33.6 Å². The zero-order valence-corrected chi connectivity index (χ0v) is 21.0. The van der Waals surface area contributed by atoms with Gasteiger partial charge >= 0.3 is 6.03 Å². The van der Waals surface area contributed by atoms with Crippen molar-refractivity contribution in [2.45, 2.75) is 50.5 Å². The molecule has 0 bridgehead atoms. The smallest absolute Gasteiger partial charge is 0.324 e. The highest BCUT2D eigenvalue weighted by Gasteiger charge is 2.30. The molecule has 10 heteroatoms. The van der Waals surface area contributed by atoms with Gasteiger partial charge < -0.3 is 20.3 Å². The van der Waals surface area contributed by atoms with E-state index in [0.717, 1.165) is 4.90 Å². The molecule has 1 atom stereocenters. The van der Waals surface area contributed by atoms with Crippen LogP contribution in [0.15, 0.2) is 57.9 Å². The van der Waals surface area contributed by atoms with E-state index in [9.17, 15) is 19.1 Å². The Bertz CT molecular complexity index is 1200. The molecule has 3 amide bonds. The van der Waals surface area contributed by atoms with Crippen LogP contribution in [0.3, 0.4) is 0 Å². The summed E-state index contributed by atoms with van der Waals surface area (Å²) < 4.78 is 18.3. The fraction of sp³-hybridized carbons (Fsp3) is 0.320. The van der Waals surface area contributed by atoms with Crippen molar-refractivity contribution >= 4 is 40.9 Å². The van der Waals surface area contributed by atoms with Crippen LogP contribution in [-0.2, 0) is 10.2 Å². The number of aliphatic hydroxyl groups is 1. The zero-order chi connectivity index (χ0) is 25.8. The van der Waals surface area contributed by atoms with Gasteiger partial charge in [0.15, 0.2) is 5.82 Å². The summed E-state index contributed by atoms with van der Waals surface area (Å²) in [5, 5.41) is 22.5. The second kappa shape index (κ2) is 10.5. The highest BCUT2D eigenvalue weighted by molar-refractivity contribution is 7.99. The molecule has 0 spiro atoms. The molecule has 0 radical (unpaired) electrons. The van der Waals surface area contributed by atoms with E-state index in [0.29, 0.717) is 28.5 Å². The molecule has 0 fully saturated rings. The number of nitrogens with one attached hydrogen (secondary N) is 3. The molecule has 0 aliphatic heterocycles. The van der Waals surface area contributed by atoms with Gasteiger partial charge in [0.2, 0.25) is 0 Å². The van der Waals surface area contributed by atoms with E-state index in [1.807, 2.05) is 20.8 Å². The summed E-state index contributed by atoms with van der Waals surface area (Å²) in [6.45, 7) is 9.13. The Labute approximate surface area is 207 Å². The Morgan fingerprint density at radius 1 is 1.03 bits per heavy atom. The number of carbonyl (C=O) groups excluding carboxylic acids is 2. The van der Waals surface area contributed by atoms with E-state index in [4.69, 9.17) is 4.52 Å². The molecule has 186 valence electrons. The lowest BCUT2D eigenvalue weighted by molar-refractivity contribution is -0.130. The third kappa shape index (κ3) is 7.30. The maximum Gasteiger partial charge on any atom is 0.324 e. The minimum absolute atomic E-state index is 0.0855. The van der Waals surface area contributed by atoms with Crippen LogP contribution >= 0.6 is 11.8 Å². The third-order valence-electron chi connectivity index (χ3n) is 5.05. The standard InChI is InChI=1S/C25H29FN4O4S/c1-15-12-17(27-22(31)25(5,33)14-35-18-9-6-16(26)7-10-18)8-11-19(15)28-23(32)29-21-13-20(34-30-21)24(2,3)4/h6-13,33H,14H2,1-5H3,(H,27,31)(H2,28,29,30,32)/t25-/m1/s1. The zero-order valence-electron chi connectivity index (χ0n) is 20.2. The molecule has 0 saturated heterocycles. The number of halogens is 1. The Morgan fingerprint density at radius 3 is 2.31 bits per heavy atom. The van der Waals surface area contributed by atoms with Gasteiger partial charge in [0, 0.05) is 33.5 Å². The first-order valence-corrected chi connectivity index (χ1v) is 11.9. The van der Waals surface area contributed by atoms with Crippen molar-refractivity contribution in [2.24, 2.45) is 0 Å². The Balaban J connectivity index is 1.56. The first kappa shape index (κ1) is 26.2. The Morgan fingerprint density at radius 2 is 1.71 bits per heavy atom. The van der Waals surface area contributed by atoms with E-state index in [2.05, 4.69) is 21.1 Å². The molecular weight excluding hydrogens is 471 g/mol. The van der Waals surface area contributed by atoms with Crippen LogP contribution in [0.2, 0.25) is 0 Å². The van der Waals surface area contributed by atoms with Crippen molar-refractivity contribution in [3.63, 3.8) is 0 Å². The number of nitrogens with zero attached hydrogens (tertiary/aromatic N) is 1. The van der Waals surface area contributed by atoms with Gasteiger partial charge in [-0.15, -0.1) is 11.8 Å². The van der Waals surface area contributed by atoms with Crippen molar-refractivity contribution in [1.29, 1.82) is 0 Å². The van der Waals surface area contributed by atoms with Crippen LogP contribution in [0.25, 0.3) is 0 Å². The molecule has 0 aliphatic carbocycles. The number of rotatable bonds is 7. The van der Waals surface area contributed by atoms with Crippen LogP contribution in [0, 0.1) is 12.7 Å². The number of amides is 3. The number of aryl methyl sites for hydroxylation is 1. The molecule has 3 rings (SSSR count). The van der Waals surface area contributed by atoms with Crippen molar-refractivity contribution in [2.75, 3.05) is 21.7 Å².